The maximum Gasteiger partial charge on any atom is 0.487 e. The summed E-state index contributed by atoms with van der Waals surface area (Å²) in [5, 5.41) is 19.2. The van der Waals surface area contributed by atoms with E-state index in [0.29, 0.717) is 6.61 Å². The molecule has 0 atom stereocenters. The van der Waals surface area contributed by atoms with E-state index in [2.05, 4.69) is 0 Å². The maximum atomic E-state index is 9.77. The molecule has 0 spiro atoms. The minimum atomic E-state index is -1.09. The fraction of sp³-hybridized carbons (Fsp3) is 0.800. The van der Waals surface area contributed by atoms with E-state index in [1.54, 1.807) is 27.7 Å². The van der Waals surface area contributed by atoms with Crippen molar-refractivity contribution >= 4 is 7.12 Å². The van der Waals surface area contributed by atoms with Gasteiger partial charge in [0.1, 0.15) is 0 Å². The van der Waals surface area contributed by atoms with Gasteiger partial charge in [-0.2, -0.15) is 0 Å². The SMILES string of the molecule is CCO/C=C/B(O)OC(C)(C)C(C)(C)O. The van der Waals surface area contributed by atoms with Crippen molar-refractivity contribution in [2.24, 2.45) is 0 Å². The second kappa shape index (κ2) is 5.54. The molecule has 5 heteroatoms. The highest BCUT2D eigenvalue weighted by Gasteiger charge is 2.38. The van der Waals surface area contributed by atoms with Gasteiger partial charge in [-0.05, 0) is 40.6 Å². The highest BCUT2D eigenvalue weighted by molar-refractivity contribution is 6.49. The fourth-order valence-electron chi connectivity index (χ4n) is 0.704. The Morgan fingerprint density at radius 3 is 2.20 bits per heavy atom. The van der Waals surface area contributed by atoms with Crippen LogP contribution in [0.2, 0.25) is 0 Å². The topological polar surface area (TPSA) is 58.9 Å². The molecular formula is C10H21BO4. The van der Waals surface area contributed by atoms with Gasteiger partial charge in [0.2, 0.25) is 0 Å². The van der Waals surface area contributed by atoms with Gasteiger partial charge in [-0.1, -0.05) is 0 Å². The van der Waals surface area contributed by atoms with Crippen LogP contribution in [-0.2, 0) is 9.39 Å². The van der Waals surface area contributed by atoms with E-state index < -0.39 is 18.3 Å². The van der Waals surface area contributed by atoms with Gasteiger partial charge in [0.25, 0.3) is 0 Å². The first kappa shape index (κ1) is 14.5. The Morgan fingerprint density at radius 2 is 1.80 bits per heavy atom. The van der Waals surface area contributed by atoms with Crippen LogP contribution < -0.4 is 0 Å². The third-order valence-corrected chi connectivity index (χ3v) is 2.39. The van der Waals surface area contributed by atoms with Crippen molar-refractivity contribution < 1.29 is 19.5 Å². The molecule has 0 aromatic carbocycles. The summed E-state index contributed by atoms with van der Waals surface area (Å²) in [6.45, 7) is 9.07. The van der Waals surface area contributed by atoms with Crippen molar-refractivity contribution in [3.63, 3.8) is 0 Å². The molecule has 0 radical (unpaired) electrons. The van der Waals surface area contributed by atoms with Crippen LogP contribution >= 0.6 is 0 Å². The Balaban J connectivity index is 4.22. The molecule has 0 bridgehead atoms. The van der Waals surface area contributed by atoms with Crippen LogP contribution in [0.25, 0.3) is 0 Å². The lowest BCUT2D eigenvalue weighted by atomic mass is 9.83. The standard InChI is InChI=1S/C10H21BO4/c1-6-14-8-7-11(13)15-10(4,5)9(2,3)12/h7-8,12-13H,6H2,1-5H3/b8-7+. The summed E-state index contributed by atoms with van der Waals surface area (Å²) < 4.78 is 10.2. The summed E-state index contributed by atoms with van der Waals surface area (Å²) >= 11 is 0. The van der Waals surface area contributed by atoms with Crippen LogP contribution in [0, 0.1) is 0 Å². The Bertz CT molecular complexity index is 208. The Kier molecular flexibility index (Phi) is 5.35. The number of ether oxygens (including phenoxy) is 1. The van der Waals surface area contributed by atoms with Gasteiger partial charge in [0.15, 0.2) is 0 Å². The molecule has 0 aromatic heterocycles. The zero-order chi connectivity index (χ0) is 12.1. The molecule has 0 amide bonds. The number of rotatable bonds is 6. The normalized spacial score (nSPS) is 13.3. The second-order valence-electron chi connectivity index (χ2n) is 4.36. The summed E-state index contributed by atoms with van der Waals surface area (Å²) in [6.07, 6.45) is 1.38. The summed E-state index contributed by atoms with van der Waals surface area (Å²) in [5.41, 5.74) is -1.88. The van der Waals surface area contributed by atoms with E-state index in [4.69, 9.17) is 9.39 Å². The zero-order valence-electron chi connectivity index (χ0n) is 10.2. The molecule has 0 unspecified atom stereocenters. The summed E-state index contributed by atoms with van der Waals surface area (Å²) in [4.78, 5) is 0. The van der Waals surface area contributed by atoms with Crippen LogP contribution in [0.1, 0.15) is 34.6 Å². The van der Waals surface area contributed by atoms with Crippen molar-refractivity contribution in [2.75, 3.05) is 6.61 Å². The monoisotopic (exact) mass is 216 g/mol. The van der Waals surface area contributed by atoms with Crippen LogP contribution in [0.15, 0.2) is 12.2 Å². The number of hydrogen-bond acceptors (Lipinski definition) is 4. The largest absolute Gasteiger partial charge is 0.502 e. The van der Waals surface area contributed by atoms with Gasteiger partial charge in [-0.25, -0.2) is 0 Å². The molecule has 0 saturated heterocycles. The molecule has 0 heterocycles. The van der Waals surface area contributed by atoms with Crippen molar-refractivity contribution in [3.05, 3.63) is 12.2 Å². The molecule has 0 fully saturated rings. The second-order valence-corrected chi connectivity index (χ2v) is 4.36. The predicted molar refractivity (Wildman–Crippen MR) is 60.2 cm³/mol. The predicted octanol–water partition coefficient (Wildman–Crippen LogP) is 1.12. The van der Waals surface area contributed by atoms with E-state index in [-0.39, 0.29) is 0 Å². The van der Waals surface area contributed by atoms with Crippen molar-refractivity contribution in [1.29, 1.82) is 0 Å². The molecule has 0 aromatic rings. The van der Waals surface area contributed by atoms with Crippen LogP contribution in [0.4, 0.5) is 0 Å². The third-order valence-electron chi connectivity index (χ3n) is 2.39. The van der Waals surface area contributed by atoms with E-state index in [0.717, 1.165) is 0 Å². The minimum Gasteiger partial charge on any atom is -0.502 e. The lowest BCUT2D eigenvalue weighted by molar-refractivity contribution is -0.0985. The quantitative estimate of drug-likeness (QED) is 0.516. The van der Waals surface area contributed by atoms with Gasteiger partial charge in [-0.15, -0.1) is 0 Å². The fourth-order valence-corrected chi connectivity index (χ4v) is 0.704. The summed E-state index contributed by atoms with van der Waals surface area (Å²) in [5.74, 6) is 1.39. The van der Waals surface area contributed by atoms with E-state index in [9.17, 15) is 10.1 Å². The van der Waals surface area contributed by atoms with Crippen LogP contribution in [-0.4, -0.2) is 35.1 Å². The first-order chi connectivity index (χ1) is 6.70. The van der Waals surface area contributed by atoms with Crippen LogP contribution in [0.5, 0.6) is 0 Å². The molecule has 0 rings (SSSR count). The molecular weight excluding hydrogens is 195 g/mol. The van der Waals surface area contributed by atoms with E-state index in [1.807, 2.05) is 6.92 Å². The van der Waals surface area contributed by atoms with Gasteiger partial charge in [0.05, 0.1) is 24.1 Å². The molecule has 4 nitrogen and oxygen atoms in total. The average Bonchev–Trinajstić information content (AvgIpc) is 2.01. The van der Waals surface area contributed by atoms with Gasteiger partial charge in [0, 0.05) is 0 Å². The van der Waals surface area contributed by atoms with E-state index >= 15 is 0 Å². The molecule has 0 aliphatic heterocycles. The lowest BCUT2D eigenvalue weighted by Crippen LogP contribution is -2.50. The number of hydrogen-bond donors (Lipinski definition) is 2. The minimum absolute atomic E-state index is 0.540. The zero-order valence-corrected chi connectivity index (χ0v) is 10.2. The summed E-state index contributed by atoms with van der Waals surface area (Å²) in [6, 6.07) is 0. The van der Waals surface area contributed by atoms with E-state index in [1.165, 1.54) is 12.2 Å². The summed E-state index contributed by atoms with van der Waals surface area (Å²) in [7, 11) is -1.09. The Morgan fingerprint density at radius 1 is 1.27 bits per heavy atom. The smallest absolute Gasteiger partial charge is 0.487 e. The Hall–Kier alpha value is -0.515. The maximum absolute atomic E-state index is 9.77. The lowest BCUT2D eigenvalue weighted by Gasteiger charge is -2.37. The first-order valence-electron chi connectivity index (χ1n) is 5.07. The highest BCUT2D eigenvalue weighted by Crippen LogP contribution is 2.25. The molecule has 0 aliphatic carbocycles. The number of aliphatic hydroxyl groups is 1. The van der Waals surface area contributed by atoms with Crippen molar-refractivity contribution in [1.82, 2.24) is 0 Å². The molecule has 2 N–H and O–H groups in total. The molecule has 15 heavy (non-hydrogen) atoms. The average molecular weight is 216 g/mol. The highest BCUT2D eigenvalue weighted by atomic mass is 16.5. The molecule has 88 valence electrons. The molecule has 0 aliphatic rings. The van der Waals surface area contributed by atoms with Gasteiger partial charge >= 0.3 is 7.12 Å². The van der Waals surface area contributed by atoms with Gasteiger partial charge < -0.3 is 19.5 Å². The van der Waals surface area contributed by atoms with Crippen molar-refractivity contribution in [2.45, 2.75) is 45.8 Å². The third kappa shape index (κ3) is 5.21. The Labute approximate surface area is 92.0 Å². The van der Waals surface area contributed by atoms with Gasteiger partial charge in [-0.3, -0.25) is 0 Å². The van der Waals surface area contributed by atoms with Crippen LogP contribution in [0.3, 0.4) is 0 Å². The first-order valence-corrected chi connectivity index (χ1v) is 5.07. The van der Waals surface area contributed by atoms with Crippen molar-refractivity contribution in [3.8, 4) is 0 Å². The molecule has 0 saturated carbocycles.